The molecule has 0 fully saturated rings. The van der Waals surface area contributed by atoms with Gasteiger partial charge in [-0.2, -0.15) is 10.4 Å². The molecule has 5 heteroatoms. The van der Waals surface area contributed by atoms with Gasteiger partial charge < -0.3 is 0 Å². The quantitative estimate of drug-likeness (QED) is 0.841. The molecule has 16 heavy (non-hydrogen) atoms. The second kappa shape index (κ2) is 4.81. The molecule has 0 aliphatic rings. The second-order valence-electron chi connectivity index (χ2n) is 3.26. The van der Waals surface area contributed by atoms with Gasteiger partial charge in [-0.05, 0) is 49.6 Å². The Hall–Kier alpha value is -1.12. The van der Waals surface area contributed by atoms with Crippen molar-refractivity contribution in [2.75, 3.05) is 0 Å². The molecule has 1 aromatic carbocycles. The lowest BCUT2D eigenvalue weighted by Crippen LogP contribution is -2.02. The summed E-state index contributed by atoms with van der Waals surface area (Å²) >= 11 is 6.73. The summed E-state index contributed by atoms with van der Waals surface area (Å²) in [6, 6.07) is 11.5. The fourth-order valence-electron chi connectivity index (χ4n) is 1.39. The number of benzene rings is 1. The lowest BCUT2D eigenvalue weighted by molar-refractivity contribution is 0.667. The van der Waals surface area contributed by atoms with E-state index in [9.17, 15) is 0 Å². The minimum Gasteiger partial charge on any atom is -0.253 e. The van der Waals surface area contributed by atoms with Gasteiger partial charge in [0, 0.05) is 6.07 Å². The SMILES string of the molecule is N#Cc1cccc(Cn2nc(Br)cc2Br)c1. The number of hydrogen-bond acceptors (Lipinski definition) is 2. The first-order chi connectivity index (χ1) is 7.69. The molecule has 0 saturated heterocycles. The lowest BCUT2D eigenvalue weighted by Gasteiger charge is -2.03. The zero-order valence-electron chi connectivity index (χ0n) is 8.19. The second-order valence-corrected chi connectivity index (χ2v) is 4.88. The highest BCUT2D eigenvalue weighted by molar-refractivity contribution is 9.11. The van der Waals surface area contributed by atoms with Gasteiger partial charge in [0.25, 0.3) is 0 Å². The molecule has 0 bridgehead atoms. The molecule has 0 unspecified atom stereocenters. The van der Waals surface area contributed by atoms with Crippen LogP contribution in [0.4, 0.5) is 0 Å². The van der Waals surface area contributed by atoms with Crippen molar-refractivity contribution in [2.45, 2.75) is 6.54 Å². The average Bonchev–Trinajstić information content (AvgIpc) is 2.58. The van der Waals surface area contributed by atoms with Gasteiger partial charge in [-0.15, -0.1) is 0 Å². The van der Waals surface area contributed by atoms with Crippen LogP contribution >= 0.6 is 31.9 Å². The number of halogens is 2. The predicted octanol–water partition coefficient (Wildman–Crippen LogP) is 3.33. The predicted molar refractivity (Wildman–Crippen MR) is 67.9 cm³/mol. The van der Waals surface area contributed by atoms with E-state index in [0.717, 1.165) is 14.8 Å². The molecule has 3 nitrogen and oxygen atoms in total. The Morgan fingerprint density at radius 1 is 1.31 bits per heavy atom. The summed E-state index contributed by atoms with van der Waals surface area (Å²) in [5.74, 6) is 0. The van der Waals surface area contributed by atoms with Gasteiger partial charge in [0.15, 0.2) is 0 Å². The molecule has 0 saturated carbocycles. The van der Waals surface area contributed by atoms with E-state index in [1.165, 1.54) is 0 Å². The van der Waals surface area contributed by atoms with Crippen LogP contribution in [0.25, 0.3) is 0 Å². The van der Waals surface area contributed by atoms with E-state index in [0.29, 0.717) is 12.1 Å². The Labute approximate surface area is 110 Å². The first-order valence-corrected chi connectivity index (χ1v) is 6.15. The molecule has 0 radical (unpaired) electrons. The molecular weight excluding hydrogens is 334 g/mol. The lowest BCUT2D eigenvalue weighted by atomic mass is 10.1. The van der Waals surface area contributed by atoms with Crippen LogP contribution in [0, 0.1) is 11.3 Å². The van der Waals surface area contributed by atoms with Gasteiger partial charge in [-0.3, -0.25) is 4.68 Å². The van der Waals surface area contributed by atoms with Crippen LogP contribution in [0.2, 0.25) is 0 Å². The Kier molecular flexibility index (Phi) is 3.42. The minimum absolute atomic E-state index is 0.641. The highest BCUT2D eigenvalue weighted by atomic mass is 79.9. The molecule has 2 aromatic rings. The summed E-state index contributed by atoms with van der Waals surface area (Å²) in [6.07, 6.45) is 0. The van der Waals surface area contributed by atoms with Crippen LogP contribution in [0.15, 0.2) is 39.5 Å². The summed E-state index contributed by atoms with van der Waals surface area (Å²) in [7, 11) is 0. The molecule has 1 heterocycles. The van der Waals surface area contributed by atoms with Crippen molar-refractivity contribution in [3.8, 4) is 6.07 Å². The fourth-order valence-corrected chi connectivity index (χ4v) is 2.52. The fraction of sp³-hybridized carbons (Fsp3) is 0.0909. The third-order valence-corrected chi connectivity index (χ3v) is 3.12. The van der Waals surface area contributed by atoms with Crippen molar-refractivity contribution in [1.29, 1.82) is 5.26 Å². The van der Waals surface area contributed by atoms with Crippen LogP contribution < -0.4 is 0 Å². The van der Waals surface area contributed by atoms with Crippen molar-refractivity contribution >= 4 is 31.9 Å². The zero-order valence-corrected chi connectivity index (χ0v) is 11.4. The summed E-state index contributed by atoms with van der Waals surface area (Å²) in [4.78, 5) is 0. The van der Waals surface area contributed by atoms with Crippen LogP contribution in [0.1, 0.15) is 11.1 Å². The first-order valence-electron chi connectivity index (χ1n) is 4.57. The standard InChI is InChI=1S/C11H7Br2N3/c12-10-5-11(13)16(15-10)7-9-3-1-2-8(4-9)6-14/h1-5H,7H2. The Morgan fingerprint density at radius 2 is 2.12 bits per heavy atom. The number of aromatic nitrogens is 2. The summed E-state index contributed by atoms with van der Waals surface area (Å²) in [5, 5.41) is 13.1. The highest BCUT2D eigenvalue weighted by Crippen LogP contribution is 2.18. The van der Waals surface area contributed by atoms with Gasteiger partial charge in [0.05, 0.1) is 18.2 Å². The molecule has 0 amide bonds. The van der Waals surface area contributed by atoms with Crippen LogP contribution in [0.5, 0.6) is 0 Å². The molecule has 0 N–H and O–H groups in total. The third kappa shape index (κ3) is 2.52. The van der Waals surface area contributed by atoms with E-state index in [-0.39, 0.29) is 0 Å². The molecule has 1 aromatic heterocycles. The van der Waals surface area contributed by atoms with Crippen molar-refractivity contribution in [3.63, 3.8) is 0 Å². The van der Waals surface area contributed by atoms with Crippen LogP contribution in [-0.4, -0.2) is 9.78 Å². The third-order valence-electron chi connectivity index (χ3n) is 2.09. The van der Waals surface area contributed by atoms with Gasteiger partial charge >= 0.3 is 0 Å². The topological polar surface area (TPSA) is 41.6 Å². The number of hydrogen-bond donors (Lipinski definition) is 0. The van der Waals surface area contributed by atoms with Crippen molar-refractivity contribution in [1.82, 2.24) is 9.78 Å². The van der Waals surface area contributed by atoms with Crippen LogP contribution in [0.3, 0.4) is 0 Å². The summed E-state index contributed by atoms with van der Waals surface area (Å²) < 4.78 is 3.51. The molecule has 0 aliphatic carbocycles. The van der Waals surface area contributed by atoms with E-state index in [4.69, 9.17) is 5.26 Å². The monoisotopic (exact) mass is 339 g/mol. The van der Waals surface area contributed by atoms with Gasteiger partial charge in [0.2, 0.25) is 0 Å². The van der Waals surface area contributed by atoms with E-state index in [1.54, 1.807) is 6.07 Å². The zero-order chi connectivity index (χ0) is 11.5. The number of rotatable bonds is 2. The Bertz CT molecular complexity index is 555. The van der Waals surface area contributed by atoms with Crippen LogP contribution in [-0.2, 0) is 6.54 Å². The van der Waals surface area contributed by atoms with E-state index >= 15 is 0 Å². The highest BCUT2D eigenvalue weighted by Gasteiger charge is 2.04. The molecular formula is C11H7Br2N3. The summed E-state index contributed by atoms with van der Waals surface area (Å²) in [6.45, 7) is 0.641. The maximum Gasteiger partial charge on any atom is 0.129 e. The first kappa shape index (κ1) is 11.4. The molecule has 0 aliphatic heterocycles. The molecule has 80 valence electrons. The molecule has 0 spiro atoms. The maximum atomic E-state index is 8.80. The Balaban J connectivity index is 2.27. The number of nitriles is 1. The van der Waals surface area contributed by atoms with Gasteiger partial charge in [-0.25, -0.2) is 0 Å². The van der Waals surface area contributed by atoms with E-state index in [1.807, 2.05) is 28.9 Å². The smallest absolute Gasteiger partial charge is 0.129 e. The average molecular weight is 341 g/mol. The van der Waals surface area contributed by atoms with Crippen molar-refractivity contribution in [3.05, 3.63) is 50.7 Å². The maximum absolute atomic E-state index is 8.80. The van der Waals surface area contributed by atoms with Crippen molar-refractivity contribution in [2.24, 2.45) is 0 Å². The summed E-state index contributed by atoms with van der Waals surface area (Å²) in [5.41, 5.74) is 1.72. The Morgan fingerprint density at radius 3 is 2.75 bits per heavy atom. The van der Waals surface area contributed by atoms with Crippen molar-refractivity contribution < 1.29 is 0 Å². The van der Waals surface area contributed by atoms with Gasteiger partial charge in [-0.1, -0.05) is 12.1 Å². The normalized spacial score (nSPS) is 10.1. The minimum atomic E-state index is 0.641. The van der Waals surface area contributed by atoms with E-state index in [2.05, 4.69) is 43.0 Å². The number of nitrogens with zero attached hydrogens (tertiary/aromatic N) is 3. The molecule has 0 atom stereocenters. The van der Waals surface area contributed by atoms with E-state index < -0.39 is 0 Å². The molecule has 2 rings (SSSR count). The largest absolute Gasteiger partial charge is 0.253 e. The van der Waals surface area contributed by atoms with Gasteiger partial charge in [0.1, 0.15) is 9.21 Å².